The number of aromatic nitrogens is 1. The quantitative estimate of drug-likeness (QED) is 0.550. The molecule has 26 heavy (non-hydrogen) atoms. The molecule has 6 heteroatoms. The minimum atomic E-state index is -0.224. The maximum absolute atomic E-state index is 12.8. The van der Waals surface area contributed by atoms with Crippen LogP contribution in [0.4, 0.5) is 17.2 Å². The molecule has 1 amide bonds. The summed E-state index contributed by atoms with van der Waals surface area (Å²) in [5.74, 6) is 0.259. The molecule has 0 aliphatic heterocycles. The summed E-state index contributed by atoms with van der Waals surface area (Å²) in [6.45, 7) is 1.97. The van der Waals surface area contributed by atoms with Crippen LogP contribution in [0.2, 0.25) is 5.02 Å². The first kappa shape index (κ1) is 18.3. The summed E-state index contributed by atoms with van der Waals surface area (Å²) >= 11 is 7.70. The van der Waals surface area contributed by atoms with Crippen LogP contribution in [-0.2, 0) is 0 Å². The molecule has 132 valence electrons. The molecule has 0 bridgehead atoms. The zero-order valence-corrected chi connectivity index (χ0v) is 16.0. The van der Waals surface area contributed by atoms with Gasteiger partial charge in [-0.3, -0.25) is 4.79 Å². The minimum absolute atomic E-state index is 0.224. The molecular weight excluding hydrogens is 366 g/mol. The number of pyridine rings is 1. The van der Waals surface area contributed by atoms with E-state index < -0.39 is 0 Å². The van der Waals surface area contributed by atoms with E-state index in [2.05, 4.69) is 15.6 Å². The van der Waals surface area contributed by atoms with Crippen LogP contribution in [0.5, 0.6) is 0 Å². The SMILES string of the molecule is CSc1cccc(NC(=O)c2cccnc2Nc2cc(Cl)ccc2C)c1. The molecule has 0 radical (unpaired) electrons. The molecule has 2 aromatic carbocycles. The van der Waals surface area contributed by atoms with Crippen molar-refractivity contribution in [3.8, 4) is 0 Å². The number of hydrogen-bond acceptors (Lipinski definition) is 4. The van der Waals surface area contributed by atoms with E-state index >= 15 is 0 Å². The third-order valence-corrected chi connectivity index (χ3v) is 4.79. The van der Waals surface area contributed by atoms with Gasteiger partial charge in [0.05, 0.1) is 5.56 Å². The molecule has 0 atom stereocenters. The molecule has 3 rings (SSSR count). The summed E-state index contributed by atoms with van der Waals surface area (Å²) in [6, 6.07) is 16.8. The molecule has 0 saturated heterocycles. The fourth-order valence-corrected chi connectivity index (χ4v) is 3.08. The van der Waals surface area contributed by atoms with Crippen LogP contribution in [0.25, 0.3) is 0 Å². The molecule has 1 heterocycles. The van der Waals surface area contributed by atoms with Crippen LogP contribution in [0, 0.1) is 6.92 Å². The molecule has 2 N–H and O–H groups in total. The molecule has 1 aromatic heterocycles. The Kier molecular flexibility index (Phi) is 5.81. The summed E-state index contributed by atoms with van der Waals surface area (Å²) in [6.07, 6.45) is 3.64. The van der Waals surface area contributed by atoms with E-state index in [9.17, 15) is 4.79 Å². The summed E-state index contributed by atoms with van der Waals surface area (Å²) in [7, 11) is 0. The van der Waals surface area contributed by atoms with Gasteiger partial charge >= 0.3 is 0 Å². The average Bonchev–Trinajstić information content (AvgIpc) is 2.65. The van der Waals surface area contributed by atoms with Gasteiger partial charge in [0.25, 0.3) is 5.91 Å². The lowest BCUT2D eigenvalue weighted by Crippen LogP contribution is -2.14. The fourth-order valence-electron chi connectivity index (χ4n) is 2.44. The highest BCUT2D eigenvalue weighted by atomic mass is 35.5. The summed E-state index contributed by atoms with van der Waals surface area (Å²) in [5, 5.41) is 6.76. The van der Waals surface area contributed by atoms with Crippen LogP contribution in [-0.4, -0.2) is 17.1 Å². The second-order valence-electron chi connectivity index (χ2n) is 5.67. The Balaban J connectivity index is 1.86. The van der Waals surface area contributed by atoms with E-state index in [-0.39, 0.29) is 5.91 Å². The van der Waals surface area contributed by atoms with Crippen molar-refractivity contribution < 1.29 is 4.79 Å². The molecule has 3 aromatic rings. The number of anilines is 3. The number of carbonyl (C=O) groups excluding carboxylic acids is 1. The van der Waals surface area contributed by atoms with Gasteiger partial charge in [0.15, 0.2) is 0 Å². The van der Waals surface area contributed by atoms with Gasteiger partial charge in [-0.1, -0.05) is 23.7 Å². The highest BCUT2D eigenvalue weighted by Gasteiger charge is 2.14. The van der Waals surface area contributed by atoms with E-state index in [0.29, 0.717) is 16.4 Å². The Morgan fingerprint density at radius 3 is 2.77 bits per heavy atom. The number of amides is 1. The predicted octanol–water partition coefficient (Wildman–Crippen LogP) is 5.76. The van der Waals surface area contributed by atoms with Crippen molar-refractivity contribution in [2.75, 3.05) is 16.9 Å². The van der Waals surface area contributed by atoms with Gasteiger partial charge in [-0.15, -0.1) is 11.8 Å². The first-order valence-corrected chi connectivity index (χ1v) is 9.60. The number of nitrogens with zero attached hydrogens (tertiary/aromatic N) is 1. The standard InChI is InChI=1S/C20H18ClN3OS/c1-13-8-9-14(21)11-18(13)24-19-17(7-4-10-22-19)20(25)23-15-5-3-6-16(12-15)26-2/h3-12H,1-2H3,(H,22,24)(H,23,25). The fraction of sp³-hybridized carbons (Fsp3) is 0.100. The molecule has 0 saturated carbocycles. The molecule has 0 aliphatic rings. The van der Waals surface area contributed by atoms with Crippen molar-refractivity contribution in [1.82, 2.24) is 4.98 Å². The van der Waals surface area contributed by atoms with E-state index in [0.717, 1.165) is 21.8 Å². The Morgan fingerprint density at radius 1 is 1.12 bits per heavy atom. The van der Waals surface area contributed by atoms with Gasteiger partial charge in [-0.25, -0.2) is 4.98 Å². The molecule has 4 nitrogen and oxygen atoms in total. The molecule has 0 unspecified atom stereocenters. The number of nitrogens with one attached hydrogen (secondary N) is 2. The van der Waals surface area contributed by atoms with E-state index in [1.807, 2.05) is 55.6 Å². The third kappa shape index (κ3) is 4.36. The van der Waals surface area contributed by atoms with Gasteiger partial charge in [-0.05, 0) is 61.2 Å². The number of thioether (sulfide) groups is 1. The van der Waals surface area contributed by atoms with Gasteiger partial charge in [0.1, 0.15) is 5.82 Å². The van der Waals surface area contributed by atoms with Crippen molar-refractivity contribution in [2.24, 2.45) is 0 Å². The zero-order chi connectivity index (χ0) is 18.5. The largest absolute Gasteiger partial charge is 0.339 e. The summed E-state index contributed by atoms with van der Waals surface area (Å²) in [4.78, 5) is 18.2. The van der Waals surface area contributed by atoms with Crippen molar-refractivity contribution in [3.05, 3.63) is 76.9 Å². The topological polar surface area (TPSA) is 54.0 Å². The Morgan fingerprint density at radius 2 is 1.96 bits per heavy atom. The number of rotatable bonds is 5. The average molecular weight is 384 g/mol. The maximum atomic E-state index is 12.8. The lowest BCUT2D eigenvalue weighted by Gasteiger charge is -2.13. The Hall–Kier alpha value is -2.50. The van der Waals surface area contributed by atoms with Crippen molar-refractivity contribution in [2.45, 2.75) is 11.8 Å². The van der Waals surface area contributed by atoms with Gasteiger partial charge < -0.3 is 10.6 Å². The van der Waals surface area contributed by atoms with Crippen LogP contribution in [0.3, 0.4) is 0 Å². The lowest BCUT2D eigenvalue weighted by molar-refractivity contribution is 0.102. The number of aryl methyl sites for hydroxylation is 1. The summed E-state index contributed by atoms with van der Waals surface area (Å²) in [5.41, 5.74) is 3.03. The highest BCUT2D eigenvalue weighted by Crippen LogP contribution is 2.26. The first-order chi connectivity index (χ1) is 12.6. The van der Waals surface area contributed by atoms with E-state index in [1.165, 1.54) is 0 Å². The number of hydrogen-bond donors (Lipinski definition) is 2. The van der Waals surface area contributed by atoms with E-state index in [1.54, 1.807) is 30.1 Å². The van der Waals surface area contributed by atoms with Gasteiger partial charge in [-0.2, -0.15) is 0 Å². The van der Waals surface area contributed by atoms with Crippen LogP contribution < -0.4 is 10.6 Å². The number of carbonyl (C=O) groups is 1. The van der Waals surface area contributed by atoms with Crippen molar-refractivity contribution >= 4 is 46.5 Å². The predicted molar refractivity (Wildman–Crippen MR) is 110 cm³/mol. The van der Waals surface area contributed by atoms with Gasteiger partial charge in [0.2, 0.25) is 0 Å². The Labute approximate surface area is 162 Å². The monoisotopic (exact) mass is 383 g/mol. The third-order valence-electron chi connectivity index (χ3n) is 3.83. The van der Waals surface area contributed by atoms with Crippen molar-refractivity contribution in [1.29, 1.82) is 0 Å². The van der Waals surface area contributed by atoms with Gasteiger partial charge in [0, 0.05) is 27.5 Å². The second kappa shape index (κ2) is 8.25. The first-order valence-electron chi connectivity index (χ1n) is 8.00. The van der Waals surface area contributed by atoms with Crippen LogP contribution in [0.15, 0.2) is 65.7 Å². The van der Waals surface area contributed by atoms with Crippen molar-refractivity contribution in [3.63, 3.8) is 0 Å². The van der Waals surface area contributed by atoms with Crippen LogP contribution >= 0.6 is 23.4 Å². The molecule has 0 fully saturated rings. The second-order valence-corrected chi connectivity index (χ2v) is 6.99. The number of benzene rings is 2. The normalized spacial score (nSPS) is 10.4. The highest BCUT2D eigenvalue weighted by molar-refractivity contribution is 7.98. The Bertz CT molecular complexity index is 946. The zero-order valence-electron chi connectivity index (χ0n) is 14.4. The molecule has 0 spiro atoms. The van der Waals surface area contributed by atoms with E-state index in [4.69, 9.17) is 11.6 Å². The number of halogens is 1. The smallest absolute Gasteiger partial charge is 0.259 e. The molecule has 0 aliphatic carbocycles. The lowest BCUT2D eigenvalue weighted by atomic mass is 10.2. The maximum Gasteiger partial charge on any atom is 0.259 e. The minimum Gasteiger partial charge on any atom is -0.339 e. The summed E-state index contributed by atoms with van der Waals surface area (Å²) < 4.78 is 0. The molecular formula is C20H18ClN3OS. The van der Waals surface area contributed by atoms with Crippen LogP contribution in [0.1, 0.15) is 15.9 Å².